The summed E-state index contributed by atoms with van der Waals surface area (Å²) in [6.45, 7) is 2.62. The lowest BCUT2D eigenvalue weighted by Crippen LogP contribution is -2.31. The average molecular weight is 358 g/mol. The quantitative estimate of drug-likeness (QED) is 0.757. The van der Waals surface area contributed by atoms with Gasteiger partial charge in [-0.3, -0.25) is 0 Å². The van der Waals surface area contributed by atoms with E-state index < -0.39 is 10.0 Å². The van der Waals surface area contributed by atoms with Gasteiger partial charge < -0.3 is 0 Å². The first kappa shape index (κ1) is 17.3. The van der Waals surface area contributed by atoms with Crippen molar-refractivity contribution in [3.8, 4) is 0 Å². The van der Waals surface area contributed by atoms with Crippen molar-refractivity contribution in [3.05, 3.63) is 64.1 Å². The summed E-state index contributed by atoms with van der Waals surface area (Å²) < 4.78 is 27.3. The Bertz CT molecular complexity index is 713. The Kier molecular flexibility index (Phi) is 5.87. The van der Waals surface area contributed by atoms with Gasteiger partial charge >= 0.3 is 0 Å². The number of nitrogens with zero attached hydrogens (tertiary/aromatic N) is 1. The molecular formula is C16H17Cl2NO2S. The lowest BCUT2D eigenvalue weighted by Gasteiger charge is -2.23. The minimum Gasteiger partial charge on any atom is -0.207 e. The van der Waals surface area contributed by atoms with Crippen LogP contribution in [0.15, 0.2) is 53.4 Å². The highest BCUT2D eigenvalue weighted by Gasteiger charge is 2.28. The van der Waals surface area contributed by atoms with E-state index in [4.69, 9.17) is 23.2 Å². The molecule has 22 heavy (non-hydrogen) atoms. The Morgan fingerprint density at radius 2 is 1.55 bits per heavy atom. The van der Waals surface area contributed by atoms with Crippen LogP contribution in [0.5, 0.6) is 0 Å². The molecular weight excluding hydrogens is 341 g/mol. The molecule has 0 bridgehead atoms. The smallest absolute Gasteiger partial charge is 0.207 e. The molecule has 0 radical (unpaired) electrons. The molecule has 3 nitrogen and oxygen atoms in total. The predicted molar refractivity (Wildman–Crippen MR) is 90.8 cm³/mol. The summed E-state index contributed by atoms with van der Waals surface area (Å²) >= 11 is 12.1. The molecule has 0 fully saturated rings. The van der Waals surface area contributed by atoms with Crippen LogP contribution in [0.4, 0.5) is 0 Å². The molecule has 0 saturated heterocycles. The third kappa shape index (κ3) is 3.82. The van der Waals surface area contributed by atoms with Gasteiger partial charge in [-0.25, -0.2) is 8.42 Å². The van der Waals surface area contributed by atoms with Crippen LogP contribution in [0, 0.1) is 0 Å². The maximum atomic E-state index is 12.9. The molecule has 0 aliphatic carbocycles. The van der Waals surface area contributed by atoms with Crippen LogP contribution in [0.3, 0.4) is 0 Å². The fourth-order valence-electron chi connectivity index (χ4n) is 2.18. The van der Waals surface area contributed by atoms with Crippen molar-refractivity contribution >= 4 is 33.2 Å². The fraction of sp³-hybridized carbons (Fsp3) is 0.250. The number of benzene rings is 2. The number of hydrogen-bond acceptors (Lipinski definition) is 2. The van der Waals surface area contributed by atoms with Gasteiger partial charge in [-0.2, -0.15) is 4.31 Å². The van der Waals surface area contributed by atoms with E-state index in [0.717, 1.165) is 5.56 Å². The second-order valence-corrected chi connectivity index (χ2v) is 7.56. The van der Waals surface area contributed by atoms with E-state index >= 15 is 0 Å². The van der Waals surface area contributed by atoms with Gasteiger partial charge in [-0.05, 0) is 24.1 Å². The number of hydrogen-bond donors (Lipinski definition) is 0. The van der Waals surface area contributed by atoms with Crippen molar-refractivity contribution in [2.24, 2.45) is 0 Å². The summed E-state index contributed by atoms with van der Waals surface area (Å²) in [4.78, 5) is -0.0253. The molecule has 0 unspecified atom stereocenters. The zero-order chi connectivity index (χ0) is 16.2. The highest BCUT2D eigenvalue weighted by atomic mass is 35.5. The van der Waals surface area contributed by atoms with Crippen molar-refractivity contribution in [3.63, 3.8) is 0 Å². The number of rotatable bonds is 6. The number of halogens is 2. The number of sulfonamides is 1. The zero-order valence-corrected chi connectivity index (χ0v) is 14.5. The van der Waals surface area contributed by atoms with Gasteiger partial charge in [0.1, 0.15) is 4.90 Å². The first-order valence-corrected chi connectivity index (χ1v) is 9.14. The van der Waals surface area contributed by atoms with Crippen molar-refractivity contribution in [2.75, 3.05) is 6.54 Å². The van der Waals surface area contributed by atoms with Crippen LogP contribution < -0.4 is 0 Å². The van der Waals surface area contributed by atoms with Crippen molar-refractivity contribution in [2.45, 2.75) is 24.8 Å². The second-order valence-electron chi connectivity index (χ2n) is 4.87. The molecule has 0 amide bonds. The Hall–Kier alpha value is -1.07. The fourth-order valence-corrected chi connectivity index (χ4v) is 4.79. The largest absolute Gasteiger partial charge is 0.246 e. The monoisotopic (exact) mass is 357 g/mol. The van der Waals surface area contributed by atoms with E-state index in [1.165, 1.54) is 16.4 Å². The van der Waals surface area contributed by atoms with E-state index in [9.17, 15) is 8.42 Å². The van der Waals surface area contributed by atoms with Crippen molar-refractivity contribution in [1.82, 2.24) is 4.31 Å². The maximum absolute atomic E-state index is 12.9. The summed E-state index contributed by atoms with van der Waals surface area (Å²) in [5, 5.41) is 0.281. The summed E-state index contributed by atoms with van der Waals surface area (Å²) in [7, 11) is -3.75. The Morgan fingerprint density at radius 3 is 2.09 bits per heavy atom. The van der Waals surface area contributed by atoms with E-state index in [2.05, 4.69) is 0 Å². The van der Waals surface area contributed by atoms with Gasteiger partial charge in [0, 0.05) is 13.1 Å². The molecule has 2 rings (SSSR count). The minimum atomic E-state index is -3.75. The topological polar surface area (TPSA) is 37.4 Å². The van der Waals surface area contributed by atoms with Gasteiger partial charge in [0.2, 0.25) is 10.0 Å². The van der Waals surface area contributed by atoms with Crippen LogP contribution in [0.2, 0.25) is 10.0 Å². The minimum absolute atomic E-state index is 0.0253. The van der Waals surface area contributed by atoms with Crippen molar-refractivity contribution in [1.29, 1.82) is 0 Å². The molecule has 0 spiro atoms. The van der Waals surface area contributed by atoms with Gasteiger partial charge in [0.15, 0.2) is 0 Å². The summed E-state index contributed by atoms with van der Waals surface area (Å²) in [5.41, 5.74) is 0.919. The van der Waals surface area contributed by atoms with Crippen LogP contribution in [0.1, 0.15) is 18.9 Å². The molecule has 2 aromatic carbocycles. The summed E-state index contributed by atoms with van der Waals surface area (Å²) in [6, 6.07) is 14.2. The normalized spacial score (nSPS) is 11.8. The van der Waals surface area contributed by atoms with Crippen LogP contribution in [0.25, 0.3) is 0 Å². The van der Waals surface area contributed by atoms with Crippen molar-refractivity contribution < 1.29 is 8.42 Å². The Labute approximate surface area is 141 Å². The van der Waals surface area contributed by atoms with Gasteiger partial charge in [-0.15, -0.1) is 0 Å². The zero-order valence-electron chi connectivity index (χ0n) is 12.2. The van der Waals surface area contributed by atoms with Gasteiger partial charge in [0.25, 0.3) is 0 Å². The molecule has 2 aromatic rings. The van der Waals surface area contributed by atoms with Gasteiger partial charge in [-0.1, -0.05) is 66.5 Å². The maximum Gasteiger partial charge on any atom is 0.246 e. The molecule has 0 saturated carbocycles. The third-order valence-electron chi connectivity index (χ3n) is 3.19. The lowest BCUT2D eigenvalue weighted by atomic mass is 10.2. The average Bonchev–Trinajstić information content (AvgIpc) is 2.47. The molecule has 0 N–H and O–H groups in total. The SMILES string of the molecule is CCCN(Cc1ccccc1)S(=O)(=O)c1c(Cl)cccc1Cl. The highest BCUT2D eigenvalue weighted by Crippen LogP contribution is 2.32. The molecule has 0 aromatic heterocycles. The standard InChI is InChI=1S/C16H17Cl2NO2S/c1-2-11-19(12-13-7-4-3-5-8-13)22(20,21)16-14(17)9-6-10-15(16)18/h3-10H,2,11-12H2,1H3. The lowest BCUT2D eigenvalue weighted by molar-refractivity contribution is 0.406. The molecule has 0 heterocycles. The predicted octanol–water partition coefficient (Wildman–Crippen LogP) is 4.59. The Balaban J connectivity index is 2.42. The molecule has 0 aliphatic rings. The second kappa shape index (κ2) is 7.47. The molecule has 0 atom stereocenters. The highest BCUT2D eigenvalue weighted by molar-refractivity contribution is 7.89. The van der Waals surface area contributed by atoms with E-state index in [1.807, 2.05) is 37.3 Å². The van der Waals surface area contributed by atoms with Gasteiger partial charge in [0.05, 0.1) is 10.0 Å². The Morgan fingerprint density at radius 1 is 0.955 bits per heavy atom. The van der Waals surface area contributed by atoms with Crippen LogP contribution in [-0.4, -0.2) is 19.3 Å². The first-order chi connectivity index (χ1) is 10.5. The molecule has 6 heteroatoms. The van der Waals surface area contributed by atoms with E-state index in [0.29, 0.717) is 19.5 Å². The van der Waals surface area contributed by atoms with Crippen LogP contribution >= 0.6 is 23.2 Å². The van der Waals surface area contributed by atoms with Crippen LogP contribution in [-0.2, 0) is 16.6 Å². The first-order valence-electron chi connectivity index (χ1n) is 6.95. The summed E-state index contributed by atoms with van der Waals surface area (Å²) in [6.07, 6.45) is 0.703. The third-order valence-corrected chi connectivity index (χ3v) is 5.99. The molecule has 118 valence electrons. The van der Waals surface area contributed by atoms with E-state index in [-0.39, 0.29) is 14.9 Å². The molecule has 0 aliphatic heterocycles. The van der Waals surface area contributed by atoms with E-state index in [1.54, 1.807) is 6.07 Å². The summed E-state index contributed by atoms with van der Waals surface area (Å²) in [5.74, 6) is 0.